The number of aryl methyl sites for hydroxylation is 2. The number of nitriles is 1. The number of allylic oxidation sites excluding steroid dienone is 1. The summed E-state index contributed by atoms with van der Waals surface area (Å²) in [6.07, 6.45) is 6.58. The van der Waals surface area contributed by atoms with Crippen molar-refractivity contribution in [3.63, 3.8) is 0 Å². The number of aromatic nitrogens is 3. The number of rotatable bonds is 6. The van der Waals surface area contributed by atoms with E-state index in [-0.39, 0.29) is 0 Å². The first-order valence-corrected chi connectivity index (χ1v) is 10.3. The molecule has 0 radical (unpaired) electrons. The van der Waals surface area contributed by atoms with Crippen LogP contribution >= 0.6 is 23.5 Å². The molecular weight excluding hydrogens is 348 g/mol. The van der Waals surface area contributed by atoms with Crippen LogP contribution in [0.25, 0.3) is 16.6 Å². The Labute approximate surface area is 156 Å². The Morgan fingerprint density at radius 3 is 2.56 bits per heavy atom. The SMILES string of the molecule is CSC(SC)=C(C#N)c1nc2ccccc2n1CCc1ccccn1. The zero-order valence-electron chi connectivity index (χ0n) is 14.1. The maximum atomic E-state index is 9.75. The fraction of sp³-hybridized carbons (Fsp3) is 0.211. The number of hydrogen-bond donors (Lipinski definition) is 0. The Hall–Kier alpha value is -2.23. The van der Waals surface area contributed by atoms with Crippen molar-refractivity contribution in [1.82, 2.24) is 14.5 Å². The van der Waals surface area contributed by atoms with Crippen LogP contribution in [0, 0.1) is 11.3 Å². The fourth-order valence-electron chi connectivity index (χ4n) is 2.74. The molecule has 6 heteroatoms. The third-order valence-electron chi connectivity index (χ3n) is 3.88. The molecule has 0 unspecified atom stereocenters. The molecule has 2 heterocycles. The Morgan fingerprint density at radius 1 is 1.12 bits per heavy atom. The molecule has 3 aromatic rings. The van der Waals surface area contributed by atoms with Crippen LogP contribution in [0.2, 0.25) is 0 Å². The van der Waals surface area contributed by atoms with Gasteiger partial charge in [-0.05, 0) is 36.8 Å². The molecular formula is C19H18N4S2. The topological polar surface area (TPSA) is 54.5 Å². The molecule has 25 heavy (non-hydrogen) atoms. The minimum Gasteiger partial charge on any atom is -0.323 e. The molecule has 0 amide bonds. The van der Waals surface area contributed by atoms with Crippen LogP contribution < -0.4 is 0 Å². The van der Waals surface area contributed by atoms with Crippen molar-refractivity contribution >= 4 is 40.1 Å². The Morgan fingerprint density at radius 2 is 1.88 bits per heavy atom. The first-order valence-electron chi connectivity index (χ1n) is 7.86. The second kappa shape index (κ2) is 8.24. The summed E-state index contributed by atoms with van der Waals surface area (Å²) in [6, 6.07) is 16.3. The molecule has 1 aromatic carbocycles. The minimum absolute atomic E-state index is 0.636. The fourth-order valence-corrected chi connectivity index (χ4v) is 4.09. The van der Waals surface area contributed by atoms with E-state index in [0.29, 0.717) is 5.57 Å². The molecule has 4 nitrogen and oxygen atoms in total. The number of nitrogens with zero attached hydrogens (tertiary/aromatic N) is 4. The minimum atomic E-state index is 0.636. The summed E-state index contributed by atoms with van der Waals surface area (Å²) in [5.41, 5.74) is 3.62. The quantitative estimate of drug-likeness (QED) is 0.597. The smallest absolute Gasteiger partial charge is 0.153 e. The Kier molecular flexibility index (Phi) is 5.79. The number of pyridine rings is 1. The largest absolute Gasteiger partial charge is 0.323 e. The maximum Gasteiger partial charge on any atom is 0.153 e. The lowest BCUT2D eigenvalue weighted by atomic mass is 10.2. The van der Waals surface area contributed by atoms with Gasteiger partial charge in [0.25, 0.3) is 0 Å². The van der Waals surface area contributed by atoms with Crippen molar-refractivity contribution in [2.24, 2.45) is 0 Å². The lowest BCUT2D eigenvalue weighted by Crippen LogP contribution is -2.07. The molecule has 0 saturated carbocycles. The lowest BCUT2D eigenvalue weighted by Gasteiger charge is -2.10. The summed E-state index contributed by atoms with van der Waals surface area (Å²) in [5.74, 6) is 0.735. The van der Waals surface area contributed by atoms with Crippen molar-refractivity contribution in [2.75, 3.05) is 12.5 Å². The van der Waals surface area contributed by atoms with Crippen LogP contribution in [0.5, 0.6) is 0 Å². The summed E-state index contributed by atoms with van der Waals surface area (Å²) in [4.78, 5) is 9.15. The van der Waals surface area contributed by atoms with E-state index in [9.17, 15) is 5.26 Å². The number of para-hydroxylation sites is 2. The normalized spacial score (nSPS) is 10.6. The molecule has 2 aromatic heterocycles. The van der Waals surface area contributed by atoms with Crippen LogP contribution in [0.3, 0.4) is 0 Å². The van der Waals surface area contributed by atoms with Gasteiger partial charge < -0.3 is 4.57 Å². The van der Waals surface area contributed by atoms with Gasteiger partial charge >= 0.3 is 0 Å². The van der Waals surface area contributed by atoms with Gasteiger partial charge in [-0.3, -0.25) is 4.98 Å². The van der Waals surface area contributed by atoms with Crippen molar-refractivity contribution in [1.29, 1.82) is 5.26 Å². The summed E-state index contributed by atoms with van der Waals surface area (Å²) in [5, 5.41) is 9.75. The predicted octanol–water partition coefficient (Wildman–Crippen LogP) is 4.59. The highest BCUT2D eigenvalue weighted by molar-refractivity contribution is 8.21. The van der Waals surface area contributed by atoms with Crippen LogP contribution in [-0.2, 0) is 13.0 Å². The predicted molar refractivity (Wildman–Crippen MR) is 107 cm³/mol. The first-order chi connectivity index (χ1) is 12.3. The van der Waals surface area contributed by atoms with Gasteiger partial charge in [-0.2, -0.15) is 5.26 Å². The number of imidazole rings is 1. The molecule has 126 valence electrons. The van der Waals surface area contributed by atoms with Gasteiger partial charge in [-0.1, -0.05) is 18.2 Å². The lowest BCUT2D eigenvalue weighted by molar-refractivity contribution is 0.696. The first kappa shape index (κ1) is 17.6. The van der Waals surface area contributed by atoms with E-state index in [2.05, 4.69) is 21.7 Å². The molecule has 0 aliphatic carbocycles. The Balaban J connectivity index is 2.09. The Bertz CT molecular complexity index is 933. The summed E-state index contributed by atoms with van der Waals surface area (Å²) in [7, 11) is 0. The molecule has 0 saturated heterocycles. The van der Waals surface area contributed by atoms with E-state index in [1.807, 2.05) is 55.1 Å². The van der Waals surface area contributed by atoms with E-state index < -0.39 is 0 Å². The van der Waals surface area contributed by atoms with Crippen molar-refractivity contribution in [2.45, 2.75) is 13.0 Å². The average molecular weight is 367 g/mol. The molecule has 0 atom stereocenters. The van der Waals surface area contributed by atoms with Gasteiger partial charge in [0.05, 0.1) is 15.3 Å². The van der Waals surface area contributed by atoms with E-state index in [4.69, 9.17) is 4.98 Å². The summed E-state index contributed by atoms with van der Waals surface area (Å²) in [6.45, 7) is 0.730. The second-order valence-electron chi connectivity index (χ2n) is 5.33. The molecule has 0 fully saturated rings. The zero-order valence-corrected chi connectivity index (χ0v) is 15.8. The monoisotopic (exact) mass is 366 g/mol. The average Bonchev–Trinajstić information content (AvgIpc) is 3.03. The van der Waals surface area contributed by atoms with Gasteiger partial charge in [0.15, 0.2) is 5.82 Å². The molecule has 0 aliphatic rings. The van der Waals surface area contributed by atoms with Gasteiger partial charge in [-0.25, -0.2) is 4.98 Å². The van der Waals surface area contributed by atoms with Gasteiger partial charge in [0.2, 0.25) is 0 Å². The third kappa shape index (κ3) is 3.73. The molecule has 3 rings (SSSR count). The van der Waals surface area contributed by atoms with E-state index in [0.717, 1.165) is 39.8 Å². The zero-order chi connectivity index (χ0) is 17.6. The van der Waals surface area contributed by atoms with Gasteiger partial charge in [-0.15, -0.1) is 23.5 Å². The molecule has 0 bridgehead atoms. The highest BCUT2D eigenvalue weighted by Gasteiger charge is 2.18. The second-order valence-corrected chi connectivity index (χ2v) is 7.22. The van der Waals surface area contributed by atoms with Crippen LogP contribution in [0.15, 0.2) is 52.9 Å². The van der Waals surface area contributed by atoms with Crippen molar-refractivity contribution in [3.8, 4) is 6.07 Å². The highest BCUT2D eigenvalue weighted by atomic mass is 32.2. The molecule has 0 N–H and O–H groups in total. The number of benzene rings is 1. The third-order valence-corrected chi connectivity index (χ3v) is 6.03. The maximum absolute atomic E-state index is 9.75. The number of thioether (sulfide) groups is 2. The summed E-state index contributed by atoms with van der Waals surface area (Å²) >= 11 is 3.17. The number of fused-ring (bicyclic) bond motifs is 1. The standard InChI is InChI=1S/C19H18N4S2/c1-24-19(25-2)15(13-20)18-22-16-8-3-4-9-17(16)23(18)12-10-14-7-5-6-11-21-14/h3-9,11H,10,12H2,1-2H3. The van der Waals surface area contributed by atoms with Crippen LogP contribution in [0.1, 0.15) is 11.5 Å². The molecule has 0 aliphatic heterocycles. The number of hydrogen-bond acceptors (Lipinski definition) is 5. The van der Waals surface area contributed by atoms with E-state index in [1.54, 1.807) is 23.5 Å². The van der Waals surface area contributed by atoms with Crippen molar-refractivity contribution < 1.29 is 0 Å². The van der Waals surface area contributed by atoms with E-state index >= 15 is 0 Å². The van der Waals surface area contributed by atoms with Gasteiger partial charge in [0, 0.05) is 24.9 Å². The van der Waals surface area contributed by atoms with Crippen LogP contribution in [-0.4, -0.2) is 27.0 Å². The molecule has 0 spiro atoms. The van der Waals surface area contributed by atoms with Gasteiger partial charge in [0.1, 0.15) is 11.6 Å². The summed E-state index contributed by atoms with van der Waals surface area (Å²) < 4.78 is 3.12. The highest BCUT2D eigenvalue weighted by Crippen LogP contribution is 2.33. The van der Waals surface area contributed by atoms with Crippen molar-refractivity contribution in [3.05, 3.63) is 64.4 Å². The van der Waals surface area contributed by atoms with Crippen LogP contribution in [0.4, 0.5) is 0 Å². The van der Waals surface area contributed by atoms with E-state index in [1.165, 1.54) is 0 Å².